The number of carbonyl (C=O) groups is 2. The molecule has 0 aromatic heterocycles. The van der Waals surface area contributed by atoms with Gasteiger partial charge in [-0.3, -0.25) is 9.69 Å². The van der Waals surface area contributed by atoms with E-state index in [1.165, 1.54) is 9.80 Å². The Kier molecular flexibility index (Phi) is 4.45. The van der Waals surface area contributed by atoms with Crippen molar-refractivity contribution >= 4 is 11.9 Å². The van der Waals surface area contributed by atoms with Gasteiger partial charge in [-0.1, -0.05) is 24.3 Å². The number of urea groups is 1. The lowest BCUT2D eigenvalue weighted by atomic mass is 10.1. The molecule has 0 spiro atoms. The van der Waals surface area contributed by atoms with Gasteiger partial charge in [0.25, 0.3) is 5.91 Å². The molecule has 1 saturated heterocycles. The number of imide groups is 1. The van der Waals surface area contributed by atoms with Crippen LogP contribution >= 0.6 is 0 Å². The van der Waals surface area contributed by atoms with Crippen molar-refractivity contribution in [3.63, 3.8) is 0 Å². The molecular weight excluding hydrogens is 316 g/mol. The molecule has 2 aromatic carbocycles. The number of amides is 3. The van der Waals surface area contributed by atoms with Crippen molar-refractivity contribution in [3.05, 3.63) is 70.8 Å². The molecule has 0 aliphatic carbocycles. The van der Waals surface area contributed by atoms with Crippen LogP contribution in [0.25, 0.3) is 0 Å². The largest absolute Gasteiger partial charge is 0.327 e. The molecule has 1 aliphatic heterocycles. The zero-order valence-corrected chi connectivity index (χ0v) is 13.3. The molecule has 1 aliphatic rings. The van der Waals surface area contributed by atoms with E-state index in [4.69, 9.17) is 10.5 Å². The van der Waals surface area contributed by atoms with E-state index in [0.717, 1.165) is 11.1 Å². The maximum absolute atomic E-state index is 12.5. The second kappa shape index (κ2) is 6.86. The Balaban J connectivity index is 1.71. The fraction of sp³-hybridized carbons (Fsp3) is 0.158. The number of benzene rings is 2. The standard InChI is InChI=1S/C19H14N4O2/c20-9-14-4-6-15(7-5-14)11-22-13-18(24)23(19(22)25)12-17-3-1-2-16(8-17)10-21/h1-8H,11-13H2. The Bertz CT molecular complexity index is 906. The van der Waals surface area contributed by atoms with Crippen LogP contribution in [0.5, 0.6) is 0 Å². The first-order valence-corrected chi connectivity index (χ1v) is 7.68. The normalized spacial score (nSPS) is 13.7. The van der Waals surface area contributed by atoms with E-state index in [2.05, 4.69) is 0 Å². The van der Waals surface area contributed by atoms with Gasteiger partial charge in [-0.25, -0.2) is 4.79 Å². The van der Waals surface area contributed by atoms with Gasteiger partial charge in [-0.2, -0.15) is 10.5 Å². The Morgan fingerprint density at radius 1 is 0.880 bits per heavy atom. The summed E-state index contributed by atoms with van der Waals surface area (Å²) < 4.78 is 0. The van der Waals surface area contributed by atoms with E-state index in [-0.39, 0.29) is 25.0 Å². The van der Waals surface area contributed by atoms with Gasteiger partial charge in [0.15, 0.2) is 0 Å². The zero-order chi connectivity index (χ0) is 17.8. The van der Waals surface area contributed by atoms with Crippen LogP contribution in [0.2, 0.25) is 0 Å². The fourth-order valence-electron chi connectivity index (χ4n) is 2.70. The molecule has 0 unspecified atom stereocenters. The maximum atomic E-state index is 12.5. The SMILES string of the molecule is N#Cc1ccc(CN2CC(=O)N(Cc3cccc(C#N)c3)C2=O)cc1. The summed E-state index contributed by atoms with van der Waals surface area (Å²) in [6.07, 6.45) is 0. The third-order valence-electron chi connectivity index (χ3n) is 3.98. The number of rotatable bonds is 4. The molecule has 122 valence electrons. The van der Waals surface area contributed by atoms with Crippen LogP contribution in [0.3, 0.4) is 0 Å². The minimum absolute atomic E-state index is 0.0246. The molecule has 25 heavy (non-hydrogen) atoms. The lowest BCUT2D eigenvalue weighted by Gasteiger charge is -2.17. The van der Waals surface area contributed by atoms with Crippen LogP contribution in [-0.4, -0.2) is 28.3 Å². The smallest absolute Gasteiger partial charge is 0.311 e. The summed E-state index contributed by atoms with van der Waals surface area (Å²) in [6.45, 7) is 0.485. The number of carbonyl (C=O) groups excluding carboxylic acids is 2. The van der Waals surface area contributed by atoms with Crippen molar-refractivity contribution in [1.82, 2.24) is 9.80 Å². The van der Waals surface area contributed by atoms with Gasteiger partial charge in [-0.15, -0.1) is 0 Å². The minimum atomic E-state index is -0.350. The number of hydrogen-bond acceptors (Lipinski definition) is 4. The summed E-state index contributed by atoms with van der Waals surface area (Å²) in [5.41, 5.74) is 2.63. The molecule has 0 N–H and O–H groups in total. The van der Waals surface area contributed by atoms with Crippen molar-refractivity contribution in [2.24, 2.45) is 0 Å². The second-order valence-corrected chi connectivity index (χ2v) is 5.74. The fourth-order valence-corrected chi connectivity index (χ4v) is 2.70. The molecule has 1 fully saturated rings. The highest BCUT2D eigenvalue weighted by Gasteiger charge is 2.35. The predicted molar refractivity (Wildman–Crippen MR) is 88.7 cm³/mol. The van der Waals surface area contributed by atoms with Crippen molar-refractivity contribution in [3.8, 4) is 12.1 Å². The highest BCUT2D eigenvalue weighted by Crippen LogP contribution is 2.18. The third kappa shape index (κ3) is 3.49. The summed E-state index contributed by atoms with van der Waals surface area (Å²) in [7, 11) is 0. The van der Waals surface area contributed by atoms with Gasteiger partial charge >= 0.3 is 6.03 Å². The van der Waals surface area contributed by atoms with Crippen molar-refractivity contribution in [2.45, 2.75) is 13.1 Å². The molecule has 0 radical (unpaired) electrons. The molecule has 6 nitrogen and oxygen atoms in total. The van der Waals surface area contributed by atoms with Gasteiger partial charge < -0.3 is 4.90 Å². The Morgan fingerprint density at radius 3 is 2.28 bits per heavy atom. The van der Waals surface area contributed by atoms with E-state index >= 15 is 0 Å². The van der Waals surface area contributed by atoms with Crippen molar-refractivity contribution < 1.29 is 9.59 Å². The van der Waals surface area contributed by atoms with Crippen molar-refractivity contribution in [2.75, 3.05) is 6.54 Å². The second-order valence-electron chi connectivity index (χ2n) is 5.74. The molecule has 3 rings (SSSR count). The minimum Gasteiger partial charge on any atom is -0.311 e. The van der Waals surface area contributed by atoms with E-state index in [1.807, 2.05) is 12.1 Å². The monoisotopic (exact) mass is 330 g/mol. The van der Waals surface area contributed by atoms with Gasteiger partial charge in [-0.05, 0) is 35.4 Å². The predicted octanol–water partition coefficient (Wildman–Crippen LogP) is 2.39. The van der Waals surface area contributed by atoms with Crippen LogP contribution in [0, 0.1) is 22.7 Å². The first-order chi connectivity index (χ1) is 12.1. The lowest BCUT2D eigenvalue weighted by molar-refractivity contribution is -0.125. The molecule has 6 heteroatoms. The average molecular weight is 330 g/mol. The first-order valence-electron chi connectivity index (χ1n) is 7.68. The summed E-state index contributed by atoms with van der Waals surface area (Å²) in [5, 5.41) is 17.8. The Hall–Kier alpha value is -3.64. The Morgan fingerprint density at radius 2 is 1.60 bits per heavy atom. The van der Waals surface area contributed by atoms with Gasteiger partial charge in [0.1, 0.15) is 6.54 Å². The average Bonchev–Trinajstić information content (AvgIpc) is 2.90. The summed E-state index contributed by atoms with van der Waals surface area (Å²) in [4.78, 5) is 27.4. The summed E-state index contributed by atoms with van der Waals surface area (Å²) in [6, 6.07) is 17.5. The van der Waals surface area contributed by atoms with Gasteiger partial charge in [0.05, 0.1) is 29.8 Å². The molecule has 0 bridgehead atoms. The van der Waals surface area contributed by atoms with Crippen LogP contribution in [0.4, 0.5) is 4.79 Å². The van der Waals surface area contributed by atoms with Crippen molar-refractivity contribution in [1.29, 1.82) is 10.5 Å². The molecular formula is C19H14N4O2. The van der Waals surface area contributed by atoms with E-state index in [9.17, 15) is 9.59 Å². The van der Waals surface area contributed by atoms with E-state index < -0.39 is 0 Å². The summed E-state index contributed by atoms with van der Waals surface area (Å²) in [5.74, 6) is -0.263. The topological polar surface area (TPSA) is 88.2 Å². The number of nitrogens with zero attached hydrogens (tertiary/aromatic N) is 4. The molecule has 1 heterocycles. The highest BCUT2D eigenvalue weighted by atomic mass is 16.2. The molecule has 2 aromatic rings. The molecule has 3 amide bonds. The highest BCUT2D eigenvalue weighted by molar-refractivity contribution is 6.01. The number of nitriles is 2. The van der Waals surface area contributed by atoms with Crippen LogP contribution in [0.15, 0.2) is 48.5 Å². The van der Waals surface area contributed by atoms with Crippen LogP contribution in [0.1, 0.15) is 22.3 Å². The van der Waals surface area contributed by atoms with Gasteiger partial charge in [0, 0.05) is 6.54 Å². The lowest BCUT2D eigenvalue weighted by Crippen LogP contribution is -2.32. The summed E-state index contributed by atoms with van der Waals surface area (Å²) >= 11 is 0. The molecule has 0 saturated carbocycles. The third-order valence-corrected chi connectivity index (χ3v) is 3.98. The van der Waals surface area contributed by atoms with Crippen LogP contribution < -0.4 is 0 Å². The quantitative estimate of drug-likeness (QED) is 0.805. The zero-order valence-electron chi connectivity index (χ0n) is 13.3. The Labute approximate surface area is 145 Å². The maximum Gasteiger partial charge on any atom is 0.327 e. The first kappa shape index (κ1) is 16.2. The van der Waals surface area contributed by atoms with Crippen LogP contribution in [-0.2, 0) is 17.9 Å². The molecule has 0 atom stereocenters. The van der Waals surface area contributed by atoms with E-state index in [1.54, 1.807) is 48.5 Å². The number of hydrogen-bond donors (Lipinski definition) is 0. The van der Waals surface area contributed by atoms with E-state index in [0.29, 0.717) is 17.7 Å². The van der Waals surface area contributed by atoms with Gasteiger partial charge in [0.2, 0.25) is 0 Å².